The number of nitrogens with zero attached hydrogens (tertiary/aromatic N) is 8. The van der Waals surface area contributed by atoms with Gasteiger partial charge in [0.05, 0.1) is 34.4 Å². The fraction of sp³-hybridized carbons (Fsp3) is 0.423. The summed E-state index contributed by atoms with van der Waals surface area (Å²) in [6.45, 7) is 6.08. The zero-order chi connectivity index (χ0) is 49.1. The molecule has 71 heavy (non-hydrogen) atoms. The zero-order valence-electron chi connectivity index (χ0n) is 39.0. The molecule has 0 saturated carbocycles. The number of fused-ring (bicyclic) bond motifs is 5. The molecule has 0 spiro atoms. The number of carbonyl (C=O) groups excluding carboxylic acids is 5. The molecule has 3 atom stereocenters. The molecule has 0 aliphatic carbocycles. The number of hydrogen-bond donors (Lipinski definition) is 3. The number of carbonyl (C=O) groups is 5. The molecule has 5 amide bonds. The van der Waals surface area contributed by atoms with Gasteiger partial charge in [0.25, 0.3) is 11.8 Å². The summed E-state index contributed by atoms with van der Waals surface area (Å²) in [7, 11) is 0. The highest BCUT2D eigenvalue weighted by molar-refractivity contribution is 6.25. The third-order valence-electron chi connectivity index (χ3n) is 15.1. The van der Waals surface area contributed by atoms with Gasteiger partial charge in [-0.2, -0.15) is 9.97 Å². The van der Waals surface area contributed by atoms with Gasteiger partial charge in [-0.15, -0.1) is 6.42 Å². The summed E-state index contributed by atoms with van der Waals surface area (Å²) in [4.78, 5) is 88.3. The van der Waals surface area contributed by atoms with Crippen LogP contribution in [0.5, 0.6) is 11.8 Å². The number of anilines is 2. The van der Waals surface area contributed by atoms with E-state index in [1.165, 1.54) is 30.5 Å². The summed E-state index contributed by atoms with van der Waals surface area (Å²) in [5.74, 6) is -0.558. The van der Waals surface area contributed by atoms with Crippen molar-refractivity contribution in [3.8, 4) is 35.4 Å². The minimum absolute atomic E-state index is 0.0134. The number of piperazine rings is 2. The maximum atomic E-state index is 17.0. The van der Waals surface area contributed by atoms with Crippen molar-refractivity contribution in [2.75, 3.05) is 75.3 Å². The van der Waals surface area contributed by atoms with Crippen molar-refractivity contribution in [2.24, 2.45) is 5.92 Å². The standard InChI is InChI=1S/C52H52F2N10O7/c1-2-34-38(53)10-7-30-24-33(65)25-36(43(30)34)46-45(54)47-37(26-55-46)48(63-27-31-8-9-32(28-63)56-31)59-52(58-47)71-22-4-15-60-18-20-62(21-19-60)42(67)23-29-13-16-61(17-14-29)39-6-3-5-35-44(39)51(70)64(50(35)69)40-11-12-41(66)57-49(40)68/h1,3,5-7,10,24-26,29,31-32,40,56,65H,4,8-9,11-23,27-28H2,(H,57,66,68). The van der Waals surface area contributed by atoms with Gasteiger partial charge in [-0.3, -0.25) is 44.1 Å². The lowest BCUT2D eigenvalue weighted by Crippen LogP contribution is -2.54. The number of amides is 5. The van der Waals surface area contributed by atoms with E-state index in [4.69, 9.17) is 16.1 Å². The van der Waals surface area contributed by atoms with Gasteiger partial charge in [-0.1, -0.05) is 18.1 Å². The fourth-order valence-electron chi connectivity index (χ4n) is 11.4. The van der Waals surface area contributed by atoms with E-state index in [0.29, 0.717) is 94.0 Å². The van der Waals surface area contributed by atoms with Crippen LogP contribution in [0.1, 0.15) is 77.6 Å². The molecule has 5 fully saturated rings. The van der Waals surface area contributed by atoms with Gasteiger partial charge in [0.15, 0.2) is 5.82 Å². The molecule has 2 aromatic heterocycles. The molecular weight excluding hydrogens is 915 g/mol. The minimum atomic E-state index is -1.03. The summed E-state index contributed by atoms with van der Waals surface area (Å²) >= 11 is 0. The van der Waals surface area contributed by atoms with Crippen molar-refractivity contribution >= 4 is 62.7 Å². The van der Waals surface area contributed by atoms with Crippen molar-refractivity contribution in [3.05, 3.63) is 77.0 Å². The number of nitrogens with one attached hydrogen (secondary N) is 2. The Labute approximate surface area is 407 Å². The first-order chi connectivity index (χ1) is 34.4. The highest BCUT2D eigenvalue weighted by Gasteiger charge is 2.46. The smallest absolute Gasteiger partial charge is 0.319 e. The molecule has 0 radical (unpaired) electrons. The molecule has 3 aromatic carbocycles. The second-order valence-corrected chi connectivity index (χ2v) is 19.4. The lowest BCUT2D eigenvalue weighted by atomic mass is 9.92. The number of phenolic OH excluding ortho intramolecular Hbond substituents is 1. The number of terminal acetylenes is 1. The van der Waals surface area contributed by atoms with Crippen LogP contribution < -0.4 is 25.2 Å². The third-order valence-corrected chi connectivity index (χ3v) is 15.1. The van der Waals surface area contributed by atoms with Crippen molar-refractivity contribution in [2.45, 2.75) is 69.5 Å². The number of imide groups is 2. The number of aromatic hydroxyl groups is 1. The molecule has 366 valence electrons. The molecule has 17 nitrogen and oxygen atoms in total. The van der Waals surface area contributed by atoms with Crippen LogP contribution in [0.15, 0.2) is 48.7 Å². The van der Waals surface area contributed by atoms with Crippen molar-refractivity contribution < 1.29 is 42.6 Å². The number of ether oxygens (including phenoxy) is 1. The number of aromatic nitrogens is 3. The Hall–Kier alpha value is -7.30. The number of halogens is 2. The van der Waals surface area contributed by atoms with Crippen LogP contribution >= 0.6 is 0 Å². The Kier molecular flexibility index (Phi) is 12.2. The topological polar surface area (TPSA) is 194 Å². The Morgan fingerprint density at radius 1 is 0.887 bits per heavy atom. The quantitative estimate of drug-likeness (QED) is 0.0960. The first-order valence-corrected chi connectivity index (χ1v) is 24.4. The molecule has 5 saturated heterocycles. The number of piperidine rings is 2. The van der Waals surface area contributed by atoms with E-state index in [-0.39, 0.29) is 94.0 Å². The van der Waals surface area contributed by atoms with Crippen LogP contribution in [0.2, 0.25) is 0 Å². The number of rotatable bonds is 11. The van der Waals surface area contributed by atoms with Crippen molar-refractivity contribution in [1.82, 2.24) is 40.3 Å². The average molecular weight is 967 g/mol. The predicted octanol–water partition coefficient (Wildman–Crippen LogP) is 4.37. The van der Waals surface area contributed by atoms with E-state index in [1.54, 1.807) is 12.1 Å². The largest absolute Gasteiger partial charge is 0.508 e. The number of pyridine rings is 1. The van der Waals surface area contributed by atoms with Crippen LogP contribution in [0.4, 0.5) is 20.3 Å². The number of phenols is 1. The molecule has 8 heterocycles. The zero-order valence-corrected chi connectivity index (χ0v) is 39.0. The summed E-state index contributed by atoms with van der Waals surface area (Å²) in [5.41, 5.74) is 1.06. The molecule has 19 heteroatoms. The lowest BCUT2D eigenvalue weighted by Gasteiger charge is -2.37. The highest BCUT2D eigenvalue weighted by atomic mass is 19.1. The molecule has 2 bridgehead atoms. The van der Waals surface area contributed by atoms with E-state index in [0.717, 1.165) is 30.6 Å². The van der Waals surface area contributed by atoms with E-state index < -0.39 is 41.3 Å². The second kappa shape index (κ2) is 18.8. The van der Waals surface area contributed by atoms with Crippen LogP contribution in [0.3, 0.4) is 0 Å². The summed E-state index contributed by atoms with van der Waals surface area (Å²) < 4.78 is 38.1. The Balaban J connectivity index is 0.701. The fourth-order valence-corrected chi connectivity index (χ4v) is 11.4. The van der Waals surface area contributed by atoms with E-state index in [1.807, 2.05) is 11.0 Å². The van der Waals surface area contributed by atoms with Crippen LogP contribution in [0, 0.1) is 29.9 Å². The van der Waals surface area contributed by atoms with Gasteiger partial charge in [0.2, 0.25) is 17.7 Å². The van der Waals surface area contributed by atoms with E-state index in [2.05, 4.69) is 41.2 Å². The van der Waals surface area contributed by atoms with Gasteiger partial charge < -0.3 is 29.9 Å². The van der Waals surface area contributed by atoms with Crippen LogP contribution in [-0.2, 0) is 14.4 Å². The highest BCUT2D eigenvalue weighted by Crippen LogP contribution is 2.40. The first kappa shape index (κ1) is 46.1. The molecule has 3 unspecified atom stereocenters. The third kappa shape index (κ3) is 8.62. The van der Waals surface area contributed by atoms with Gasteiger partial charge in [-0.25, -0.2) is 8.78 Å². The monoisotopic (exact) mass is 966 g/mol. The maximum Gasteiger partial charge on any atom is 0.319 e. The van der Waals surface area contributed by atoms with Gasteiger partial charge in [0, 0.05) is 101 Å². The summed E-state index contributed by atoms with van der Waals surface area (Å²) in [6.07, 6.45) is 12.0. The van der Waals surface area contributed by atoms with Crippen LogP contribution in [-0.4, -0.2) is 148 Å². The van der Waals surface area contributed by atoms with Gasteiger partial charge >= 0.3 is 6.01 Å². The van der Waals surface area contributed by atoms with Gasteiger partial charge in [-0.05, 0) is 80.2 Å². The minimum Gasteiger partial charge on any atom is -0.508 e. The average Bonchev–Trinajstić information content (AvgIpc) is 3.84. The molecule has 5 aromatic rings. The normalized spacial score (nSPS) is 21.8. The number of hydrogen-bond acceptors (Lipinski definition) is 14. The van der Waals surface area contributed by atoms with Crippen molar-refractivity contribution in [1.29, 1.82) is 0 Å². The maximum absolute atomic E-state index is 17.0. The van der Waals surface area contributed by atoms with Crippen molar-refractivity contribution in [3.63, 3.8) is 0 Å². The second-order valence-electron chi connectivity index (χ2n) is 19.4. The van der Waals surface area contributed by atoms with Gasteiger partial charge in [0.1, 0.15) is 34.6 Å². The van der Waals surface area contributed by atoms with E-state index >= 15 is 4.39 Å². The number of benzene rings is 3. The Morgan fingerprint density at radius 3 is 2.41 bits per heavy atom. The predicted molar refractivity (Wildman–Crippen MR) is 258 cm³/mol. The summed E-state index contributed by atoms with van der Waals surface area (Å²) in [6, 6.07) is 10.1. The Bertz CT molecular complexity index is 3060. The van der Waals surface area contributed by atoms with Crippen LogP contribution in [0.25, 0.3) is 32.9 Å². The lowest BCUT2D eigenvalue weighted by molar-refractivity contribution is -0.136. The van der Waals surface area contributed by atoms with E-state index in [9.17, 15) is 33.5 Å². The Morgan fingerprint density at radius 2 is 1.66 bits per heavy atom. The molecule has 11 rings (SSSR count). The first-order valence-electron chi connectivity index (χ1n) is 24.4. The molecule has 3 N–H and O–H groups in total. The molecule has 6 aliphatic rings. The molecular formula is C52H52F2N10O7. The SMILES string of the molecule is C#Cc1c(F)ccc2cc(O)cc(-c3ncc4c(N5CC6CCC(C5)N6)nc(OCCCN5CCN(C(=O)CC6CCN(c7cccc8c7C(=O)N(C7CCC(=O)NC7=O)C8=O)CC6)CC5)nc4c3F)c12. The molecule has 6 aliphatic heterocycles. The summed E-state index contributed by atoms with van der Waals surface area (Å²) in [5, 5.41) is 17.6.